The lowest BCUT2D eigenvalue weighted by atomic mass is 10.0. The molecule has 2 heterocycles. The van der Waals surface area contributed by atoms with Crippen LogP contribution in [0.5, 0.6) is 11.5 Å². The van der Waals surface area contributed by atoms with Gasteiger partial charge in [-0.15, -0.1) is 0 Å². The highest BCUT2D eigenvalue weighted by Crippen LogP contribution is 2.29. The number of hydrogen-bond donors (Lipinski definition) is 2. The van der Waals surface area contributed by atoms with Crippen molar-refractivity contribution < 1.29 is 10.2 Å². The Kier molecular flexibility index (Phi) is 6.42. The number of aromatic nitrogens is 2. The number of aromatic hydroxyl groups is 2. The van der Waals surface area contributed by atoms with E-state index >= 15 is 0 Å². The number of phenolic OH excluding ortho intramolecular Hbond substituents is 2. The normalized spacial score (nSPS) is 10.9. The Morgan fingerprint density at radius 1 is 0.741 bits per heavy atom. The molecule has 4 heteroatoms. The second-order valence-electron chi connectivity index (χ2n) is 6.97. The van der Waals surface area contributed by atoms with Crippen LogP contribution in [-0.4, -0.2) is 20.2 Å². The van der Waals surface area contributed by atoms with Crippen molar-refractivity contribution in [1.82, 2.24) is 9.97 Å². The molecule has 0 amide bonds. The predicted molar refractivity (Wildman–Crippen MR) is 108 cm³/mol. The van der Waals surface area contributed by atoms with Gasteiger partial charge >= 0.3 is 0 Å². The summed E-state index contributed by atoms with van der Waals surface area (Å²) < 4.78 is 0. The molecule has 2 N–H and O–H groups in total. The van der Waals surface area contributed by atoms with Crippen LogP contribution in [0.4, 0.5) is 0 Å². The van der Waals surface area contributed by atoms with Crippen molar-refractivity contribution in [3.63, 3.8) is 0 Å². The molecular formula is C23H26N2O2. The standard InChI is InChI=1S/C23H26N2O2/c1-17-11-13-20(24-15-17)21-14-12-18(16-25-21)7-4-2-3-5-8-19-9-6-10-22(26)23(19)27/h6,9-16,26-27H,2-5,7-8H2,1H3. The zero-order valence-electron chi connectivity index (χ0n) is 15.7. The SMILES string of the molecule is Cc1ccc(-c2ccc(CCCCCCc3cccc(O)c3O)cn2)nc1. The van der Waals surface area contributed by atoms with Crippen molar-refractivity contribution in [3.8, 4) is 22.9 Å². The summed E-state index contributed by atoms with van der Waals surface area (Å²) in [5.74, 6) is -0.0176. The second kappa shape index (κ2) is 9.17. The molecule has 0 fully saturated rings. The van der Waals surface area contributed by atoms with E-state index in [4.69, 9.17) is 0 Å². The molecule has 0 unspecified atom stereocenters. The number of para-hydroxylation sites is 1. The maximum Gasteiger partial charge on any atom is 0.160 e. The first-order valence-electron chi connectivity index (χ1n) is 9.51. The molecule has 0 aliphatic rings. The maximum atomic E-state index is 9.81. The molecule has 1 aromatic carbocycles. The highest BCUT2D eigenvalue weighted by Gasteiger charge is 2.05. The Labute approximate surface area is 160 Å². The first-order valence-corrected chi connectivity index (χ1v) is 9.51. The number of hydrogen-bond acceptors (Lipinski definition) is 4. The third-order valence-corrected chi connectivity index (χ3v) is 4.76. The van der Waals surface area contributed by atoms with E-state index in [-0.39, 0.29) is 11.5 Å². The largest absolute Gasteiger partial charge is 0.504 e. The molecule has 3 rings (SSSR count). The smallest absolute Gasteiger partial charge is 0.160 e. The van der Waals surface area contributed by atoms with Crippen molar-refractivity contribution in [2.45, 2.75) is 45.4 Å². The molecule has 0 aliphatic carbocycles. The van der Waals surface area contributed by atoms with Crippen LogP contribution in [-0.2, 0) is 12.8 Å². The number of nitrogens with zero attached hydrogens (tertiary/aromatic N) is 2. The molecule has 0 atom stereocenters. The van der Waals surface area contributed by atoms with Gasteiger partial charge in [0.15, 0.2) is 11.5 Å². The third kappa shape index (κ3) is 5.30. The van der Waals surface area contributed by atoms with E-state index < -0.39 is 0 Å². The molecule has 0 spiro atoms. The minimum atomic E-state index is -0.0377. The van der Waals surface area contributed by atoms with Crippen LogP contribution in [0, 0.1) is 6.92 Å². The van der Waals surface area contributed by atoms with Gasteiger partial charge in [0, 0.05) is 12.4 Å². The molecule has 0 saturated carbocycles. The maximum absolute atomic E-state index is 9.81. The van der Waals surface area contributed by atoms with Gasteiger partial charge in [0.2, 0.25) is 0 Å². The van der Waals surface area contributed by atoms with E-state index in [9.17, 15) is 10.2 Å². The third-order valence-electron chi connectivity index (χ3n) is 4.76. The Bertz CT molecular complexity index is 859. The molecule has 0 aliphatic heterocycles. The van der Waals surface area contributed by atoms with Crippen molar-refractivity contribution in [1.29, 1.82) is 0 Å². The fourth-order valence-corrected chi connectivity index (χ4v) is 3.12. The summed E-state index contributed by atoms with van der Waals surface area (Å²) in [6.45, 7) is 2.03. The zero-order valence-corrected chi connectivity index (χ0v) is 15.7. The minimum absolute atomic E-state index is 0.0201. The second-order valence-corrected chi connectivity index (χ2v) is 6.97. The molecular weight excluding hydrogens is 336 g/mol. The fraction of sp³-hybridized carbons (Fsp3) is 0.304. The first-order chi connectivity index (χ1) is 13.1. The van der Waals surface area contributed by atoms with Gasteiger partial charge in [0.05, 0.1) is 11.4 Å². The van der Waals surface area contributed by atoms with Crippen LogP contribution in [0.25, 0.3) is 11.4 Å². The summed E-state index contributed by atoms with van der Waals surface area (Å²) in [4.78, 5) is 8.95. The van der Waals surface area contributed by atoms with Gasteiger partial charge in [-0.25, -0.2) is 0 Å². The average molecular weight is 362 g/mol. The summed E-state index contributed by atoms with van der Waals surface area (Å²) in [6.07, 6.45) is 9.99. The number of pyridine rings is 2. The van der Waals surface area contributed by atoms with Crippen molar-refractivity contribution in [2.75, 3.05) is 0 Å². The molecule has 0 saturated heterocycles. The molecule has 0 bridgehead atoms. The van der Waals surface area contributed by atoms with E-state index in [0.717, 1.165) is 61.0 Å². The van der Waals surface area contributed by atoms with Gasteiger partial charge in [0.1, 0.15) is 0 Å². The van der Waals surface area contributed by atoms with E-state index in [2.05, 4.69) is 22.1 Å². The van der Waals surface area contributed by atoms with E-state index in [1.165, 1.54) is 11.6 Å². The van der Waals surface area contributed by atoms with Gasteiger partial charge in [-0.05, 0) is 67.5 Å². The number of phenols is 2. The van der Waals surface area contributed by atoms with E-state index in [0.29, 0.717) is 0 Å². The highest BCUT2D eigenvalue weighted by atomic mass is 16.3. The lowest BCUT2D eigenvalue weighted by Crippen LogP contribution is -1.92. The lowest BCUT2D eigenvalue weighted by Gasteiger charge is -2.06. The summed E-state index contributed by atoms with van der Waals surface area (Å²) in [6, 6.07) is 13.4. The van der Waals surface area contributed by atoms with Crippen LogP contribution in [0.3, 0.4) is 0 Å². The lowest BCUT2D eigenvalue weighted by molar-refractivity contribution is 0.398. The van der Waals surface area contributed by atoms with Gasteiger partial charge < -0.3 is 10.2 Å². The highest BCUT2D eigenvalue weighted by molar-refractivity contribution is 5.54. The minimum Gasteiger partial charge on any atom is -0.504 e. The predicted octanol–water partition coefficient (Wildman–Crippen LogP) is 5.21. The Balaban J connectivity index is 1.39. The summed E-state index contributed by atoms with van der Waals surface area (Å²) >= 11 is 0. The quantitative estimate of drug-likeness (QED) is 0.426. The van der Waals surface area contributed by atoms with Crippen molar-refractivity contribution in [3.05, 3.63) is 71.5 Å². The summed E-state index contributed by atoms with van der Waals surface area (Å²) in [5.41, 5.74) is 5.03. The Morgan fingerprint density at radius 3 is 2.11 bits per heavy atom. The molecule has 4 nitrogen and oxygen atoms in total. The first kappa shape index (κ1) is 18.9. The van der Waals surface area contributed by atoms with Gasteiger partial charge in [-0.2, -0.15) is 0 Å². The fourth-order valence-electron chi connectivity index (χ4n) is 3.12. The van der Waals surface area contributed by atoms with E-state index in [1.54, 1.807) is 6.07 Å². The van der Waals surface area contributed by atoms with Crippen LogP contribution in [0.2, 0.25) is 0 Å². The van der Waals surface area contributed by atoms with Gasteiger partial charge in [-0.3, -0.25) is 9.97 Å². The summed E-state index contributed by atoms with van der Waals surface area (Å²) in [7, 11) is 0. The van der Waals surface area contributed by atoms with Gasteiger partial charge in [0.25, 0.3) is 0 Å². The Morgan fingerprint density at radius 2 is 1.44 bits per heavy atom. The number of aryl methyl sites for hydroxylation is 3. The molecule has 0 radical (unpaired) electrons. The number of benzene rings is 1. The van der Waals surface area contributed by atoms with E-state index in [1.807, 2.05) is 37.5 Å². The monoisotopic (exact) mass is 362 g/mol. The number of unbranched alkanes of at least 4 members (excludes halogenated alkanes) is 3. The molecule has 27 heavy (non-hydrogen) atoms. The summed E-state index contributed by atoms with van der Waals surface area (Å²) in [5, 5.41) is 19.3. The Hall–Kier alpha value is -2.88. The van der Waals surface area contributed by atoms with Crippen molar-refractivity contribution >= 4 is 0 Å². The average Bonchev–Trinajstić information content (AvgIpc) is 2.69. The number of rotatable bonds is 8. The van der Waals surface area contributed by atoms with Crippen LogP contribution >= 0.6 is 0 Å². The molecule has 2 aromatic heterocycles. The molecule has 140 valence electrons. The topological polar surface area (TPSA) is 66.2 Å². The van der Waals surface area contributed by atoms with Gasteiger partial charge in [-0.1, -0.05) is 37.1 Å². The van der Waals surface area contributed by atoms with Crippen LogP contribution in [0.1, 0.15) is 42.4 Å². The molecule has 3 aromatic rings. The van der Waals surface area contributed by atoms with Crippen molar-refractivity contribution in [2.24, 2.45) is 0 Å². The van der Waals surface area contributed by atoms with Crippen LogP contribution < -0.4 is 0 Å². The van der Waals surface area contributed by atoms with Crippen LogP contribution in [0.15, 0.2) is 54.9 Å². The zero-order chi connectivity index (χ0) is 19.1.